The van der Waals surface area contributed by atoms with Crippen LogP contribution in [0.25, 0.3) is 0 Å². The third-order valence-electron chi connectivity index (χ3n) is 4.58. The van der Waals surface area contributed by atoms with Gasteiger partial charge >= 0.3 is 0 Å². The van der Waals surface area contributed by atoms with Crippen molar-refractivity contribution in [3.8, 4) is 5.75 Å². The van der Waals surface area contributed by atoms with Crippen molar-refractivity contribution in [2.75, 3.05) is 18.2 Å². The number of thioether (sulfide) groups is 1. The van der Waals surface area contributed by atoms with Crippen LogP contribution >= 0.6 is 23.1 Å². The van der Waals surface area contributed by atoms with Crippen LogP contribution in [0.3, 0.4) is 0 Å². The Morgan fingerprint density at radius 3 is 2.52 bits per heavy atom. The zero-order valence-corrected chi connectivity index (χ0v) is 19.6. The lowest BCUT2D eigenvalue weighted by atomic mass is 9.97. The number of amides is 1. The van der Waals surface area contributed by atoms with E-state index in [9.17, 15) is 4.79 Å². The number of hydrogen-bond acceptors (Lipinski definition) is 7. The quantitative estimate of drug-likeness (QED) is 0.389. The molecule has 0 aliphatic rings. The predicted octanol–water partition coefficient (Wildman–Crippen LogP) is 5.15. The Morgan fingerprint density at radius 2 is 1.84 bits per heavy atom. The molecule has 1 aromatic heterocycles. The van der Waals surface area contributed by atoms with Gasteiger partial charge in [0.2, 0.25) is 11.0 Å². The molecule has 2 aromatic carbocycles. The number of ether oxygens (including phenoxy) is 1. The molecule has 0 aliphatic heterocycles. The average molecular weight is 457 g/mol. The van der Waals surface area contributed by atoms with Crippen LogP contribution in [-0.4, -0.2) is 29.0 Å². The summed E-state index contributed by atoms with van der Waals surface area (Å²) in [4.78, 5) is 12.6. The van der Waals surface area contributed by atoms with Crippen LogP contribution in [-0.2, 0) is 11.3 Å². The van der Waals surface area contributed by atoms with Crippen molar-refractivity contribution in [2.45, 2.75) is 37.2 Å². The second-order valence-corrected chi connectivity index (χ2v) is 9.72. The van der Waals surface area contributed by atoms with Gasteiger partial charge in [0.1, 0.15) is 5.75 Å². The largest absolute Gasteiger partial charge is 0.497 e. The lowest BCUT2D eigenvalue weighted by Crippen LogP contribution is -2.30. The molecule has 164 valence electrons. The molecular weight excluding hydrogens is 428 g/mol. The van der Waals surface area contributed by atoms with Crippen molar-refractivity contribution >= 4 is 34.1 Å². The highest BCUT2D eigenvalue weighted by molar-refractivity contribution is 8.01. The number of carbonyl (C=O) groups is 1. The Hall–Kier alpha value is -2.58. The van der Waals surface area contributed by atoms with Crippen LogP contribution in [0.2, 0.25) is 0 Å². The van der Waals surface area contributed by atoms with E-state index in [1.54, 1.807) is 7.11 Å². The molecule has 1 unspecified atom stereocenters. The molecule has 3 aromatic rings. The predicted molar refractivity (Wildman–Crippen MR) is 128 cm³/mol. The second-order valence-electron chi connectivity index (χ2n) is 7.52. The van der Waals surface area contributed by atoms with Crippen LogP contribution in [0.15, 0.2) is 58.9 Å². The highest BCUT2D eigenvalue weighted by Crippen LogP contribution is 2.27. The Labute approximate surface area is 191 Å². The fourth-order valence-electron chi connectivity index (χ4n) is 3.06. The second kappa shape index (κ2) is 11.7. The molecule has 0 radical (unpaired) electrons. The monoisotopic (exact) mass is 456 g/mol. The maximum absolute atomic E-state index is 12.6. The zero-order valence-electron chi connectivity index (χ0n) is 18.0. The summed E-state index contributed by atoms with van der Waals surface area (Å²) in [6.45, 7) is 4.98. The Kier molecular flexibility index (Phi) is 8.73. The number of hydrogen-bond donors (Lipinski definition) is 2. The van der Waals surface area contributed by atoms with Gasteiger partial charge in [-0.05, 0) is 35.6 Å². The maximum atomic E-state index is 12.6. The number of aromatic nitrogens is 2. The lowest BCUT2D eigenvalue weighted by Gasteiger charge is -2.21. The lowest BCUT2D eigenvalue weighted by molar-refractivity contribution is -0.119. The molecule has 2 N–H and O–H groups in total. The first-order chi connectivity index (χ1) is 15.0. The van der Waals surface area contributed by atoms with E-state index >= 15 is 0 Å². The van der Waals surface area contributed by atoms with E-state index in [0.29, 0.717) is 18.2 Å². The first kappa shape index (κ1) is 23.1. The molecule has 0 bridgehead atoms. The van der Waals surface area contributed by atoms with Gasteiger partial charge in [-0.15, -0.1) is 10.2 Å². The maximum Gasteiger partial charge on any atom is 0.230 e. The van der Waals surface area contributed by atoms with E-state index in [4.69, 9.17) is 4.74 Å². The number of benzene rings is 2. The third kappa shape index (κ3) is 7.56. The Bertz CT molecular complexity index is 946. The summed E-state index contributed by atoms with van der Waals surface area (Å²) < 4.78 is 5.94. The molecule has 1 heterocycles. The molecule has 1 atom stereocenters. The zero-order chi connectivity index (χ0) is 22.1. The summed E-state index contributed by atoms with van der Waals surface area (Å²) in [5, 5.41) is 15.5. The van der Waals surface area contributed by atoms with Gasteiger partial charge in [-0.3, -0.25) is 4.79 Å². The van der Waals surface area contributed by atoms with Crippen LogP contribution < -0.4 is 15.4 Å². The van der Waals surface area contributed by atoms with E-state index in [2.05, 4.69) is 46.8 Å². The average Bonchev–Trinajstić information content (AvgIpc) is 3.24. The van der Waals surface area contributed by atoms with Gasteiger partial charge in [-0.25, -0.2) is 0 Å². The van der Waals surface area contributed by atoms with Gasteiger partial charge < -0.3 is 15.4 Å². The molecule has 1 amide bonds. The van der Waals surface area contributed by atoms with Crippen molar-refractivity contribution in [1.29, 1.82) is 0 Å². The molecule has 0 aliphatic carbocycles. The summed E-state index contributed by atoms with van der Waals surface area (Å²) in [6, 6.07) is 18.0. The van der Waals surface area contributed by atoms with Crippen molar-refractivity contribution in [3.05, 3.63) is 65.7 Å². The van der Waals surface area contributed by atoms with Crippen LogP contribution in [0, 0.1) is 5.92 Å². The van der Waals surface area contributed by atoms with Gasteiger partial charge in [-0.1, -0.05) is 79.4 Å². The fraction of sp³-hybridized carbons (Fsp3) is 0.348. The normalized spacial score (nSPS) is 11.9. The van der Waals surface area contributed by atoms with Crippen LogP contribution in [0.5, 0.6) is 5.75 Å². The Morgan fingerprint density at radius 1 is 1.10 bits per heavy atom. The molecule has 0 fully saturated rings. The molecule has 6 nitrogen and oxygen atoms in total. The number of nitrogens with zero attached hydrogens (tertiary/aromatic N) is 2. The van der Waals surface area contributed by atoms with Crippen molar-refractivity contribution < 1.29 is 9.53 Å². The van der Waals surface area contributed by atoms with Crippen molar-refractivity contribution in [1.82, 2.24) is 15.5 Å². The highest BCUT2D eigenvalue weighted by atomic mass is 32.2. The number of nitrogens with one attached hydrogen (secondary N) is 2. The smallest absolute Gasteiger partial charge is 0.230 e. The molecular formula is C23H28N4O2S2. The first-order valence-electron chi connectivity index (χ1n) is 10.2. The minimum atomic E-state index is 0.00226. The van der Waals surface area contributed by atoms with Crippen molar-refractivity contribution in [2.24, 2.45) is 5.92 Å². The van der Waals surface area contributed by atoms with E-state index in [1.807, 2.05) is 42.5 Å². The molecule has 0 spiro atoms. The highest BCUT2D eigenvalue weighted by Gasteiger charge is 2.17. The number of carbonyl (C=O) groups excluding carboxylic acids is 1. The summed E-state index contributed by atoms with van der Waals surface area (Å²) in [7, 11) is 1.65. The molecule has 0 saturated carbocycles. The van der Waals surface area contributed by atoms with E-state index < -0.39 is 0 Å². The van der Waals surface area contributed by atoms with E-state index in [0.717, 1.165) is 32.8 Å². The van der Waals surface area contributed by atoms with Gasteiger partial charge in [0.25, 0.3) is 0 Å². The number of anilines is 1. The minimum absolute atomic E-state index is 0.00226. The topological polar surface area (TPSA) is 76.1 Å². The van der Waals surface area contributed by atoms with Gasteiger partial charge in [-0.2, -0.15) is 0 Å². The summed E-state index contributed by atoms with van der Waals surface area (Å²) in [6.07, 6.45) is 0.901. The first-order valence-corrected chi connectivity index (χ1v) is 12.0. The molecule has 0 saturated heterocycles. The summed E-state index contributed by atoms with van der Waals surface area (Å²) in [5.41, 5.74) is 2.26. The minimum Gasteiger partial charge on any atom is -0.497 e. The SMILES string of the molecule is COc1ccc(CNc2nnc(SCC(=O)NC(CC(C)C)c3ccccc3)s2)cc1. The van der Waals surface area contributed by atoms with E-state index in [-0.39, 0.29) is 11.9 Å². The van der Waals surface area contributed by atoms with Gasteiger partial charge in [0, 0.05) is 6.54 Å². The molecule has 3 rings (SSSR count). The standard InChI is InChI=1S/C23H28N4O2S2/c1-16(2)13-20(18-7-5-4-6-8-18)25-21(28)15-30-23-27-26-22(31-23)24-14-17-9-11-19(29-3)12-10-17/h4-12,16,20H,13-15H2,1-3H3,(H,24,26)(H,25,28). The molecule has 8 heteroatoms. The number of rotatable bonds is 11. The van der Waals surface area contributed by atoms with E-state index in [1.165, 1.54) is 23.1 Å². The van der Waals surface area contributed by atoms with Crippen LogP contribution in [0.1, 0.15) is 37.4 Å². The van der Waals surface area contributed by atoms with Crippen LogP contribution in [0.4, 0.5) is 5.13 Å². The third-order valence-corrected chi connectivity index (χ3v) is 6.59. The fourth-order valence-corrected chi connectivity index (χ4v) is 4.62. The summed E-state index contributed by atoms with van der Waals surface area (Å²) in [5.74, 6) is 1.64. The summed E-state index contributed by atoms with van der Waals surface area (Å²) >= 11 is 2.86. The van der Waals surface area contributed by atoms with Gasteiger partial charge in [0.15, 0.2) is 4.34 Å². The molecule has 31 heavy (non-hydrogen) atoms. The number of methoxy groups -OCH3 is 1. The van der Waals surface area contributed by atoms with Crippen molar-refractivity contribution in [3.63, 3.8) is 0 Å². The van der Waals surface area contributed by atoms with Gasteiger partial charge in [0.05, 0.1) is 18.9 Å². The Balaban J connectivity index is 1.48.